The Hall–Kier alpha value is -2.77. The van der Waals surface area contributed by atoms with Gasteiger partial charge in [-0.05, 0) is 54.6 Å². The van der Waals surface area contributed by atoms with Crippen molar-refractivity contribution in [3.8, 4) is 11.5 Å². The van der Waals surface area contributed by atoms with Crippen molar-refractivity contribution in [3.05, 3.63) is 59.0 Å². The molecule has 0 atom stereocenters. The van der Waals surface area contributed by atoms with E-state index in [1.54, 1.807) is 29.2 Å². The number of carbonyl (C=O) groups is 1. The second-order valence-electron chi connectivity index (χ2n) is 5.93. The van der Waals surface area contributed by atoms with Crippen molar-refractivity contribution in [3.63, 3.8) is 0 Å². The van der Waals surface area contributed by atoms with Crippen LogP contribution >= 0.6 is 11.8 Å². The number of amides is 1. The number of thioether (sulfide) groups is 1. The monoisotopic (exact) mass is 398 g/mol. The van der Waals surface area contributed by atoms with E-state index < -0.39 is 0 Å². The van der Waals surface area contributed by atoms with Gasteiger partial charge < -0.3 is 14.6 Å². The third-order valence-corrected chi connectivity index (χ3v) is 5.04. The topological polar surface area (TPSA) is 71.4 Å². The molecule has 3 rings (SSSR count). The second kappa shape index (κ2) is 9.43. The molecule has 0 unspecified atom stereocenters. The molecule has 1 fully saturated rings. The van der Waals surface area contributed by atoms with Crippen LogP contribution in [-0.2, 0) is 9.53 Å². The molecule has 0 radical (unpaired) electrons. The number of carbonyl (C=O) groups excluding carboxylic acids is 1. The molecule has 6 nitrogen and oxygen atoms in total. The molecule has 0 saturated carbocycles. The zero-order valence-corrected chi connectivity index (χ0v) is 16.6. The summed E-state index contributed by atoms with van der Waals surface area (Å²) in [5.41, 5.74) is 1.49. The number of methoxy groups -OCH3 is 1. The van der Waals surface area contributed by atoms with Crippen LogP contribution < -0.4 is 4.74 Å². The summed E-state index contributed by atoms with van der Waals surface area (Å²) in [7, 11) is 1.49. The van der Waals surface area contributed by atoms with Gasteiger partial charge in [-0.15, -0.1) is 0 Å². The van der Waals surface area contributed by atoms with Gasteiger partial charge in [0.25, 0.3) is 5.91 Å². The van der Waals surface area contributed by atoms with Gasteiger partial charge in [-0.1, -0.05) is 24.3 Å². The molecule has 0 aromatic heterocycles. The fraction of sp³-hybridized carbons (Fsp3) is 0.238. The van der Waals surface area contributed by atoms with Crippen molar-refractivity contribution in [2.45, 2.75) is 6.92 Å². The van der Waals surface area contributed by atoms with Gasteiger partial charge in [-0.25, -0.2) is 4.99 Å². The zero-order chi connectivity index (χ0) is 19.9. The van der Waals surface area contributed by atoms with E-state index >= 15 is 0 Å². The van der Waals surface area contributed by atoms with Gasteiger partial charge in [0.05, 0.1) is 30.9 Å². The Balaban J connectivity index is 1.89. The largest absolute Gasteiger partial charge is 0.504 e. The van der Waals surface area contributed by atoms with E-state index in [9.17, 15) is 9.90 Å². The molecule has 1 aliphatic rings. The molecule has 0 spiro atoms. The lowest BCUT2D eigenvalue weighted by Crippen LogP contribution is -2.32. The first-order valence-corrected chi connectivity index (χ1v) is 9.74. The molecule has 1 N–H and O–H groups in total. The van der Waals surface area contributed by atoms with Crippen LogP contribution in [0.25, 0.3) is 6.08 Å². The predicted molar refractivity (Wildman–Crippen MR) is 112 cm³/mol. The normalized spacial score (nSPS) is 16.9. The number of aromatic hydroxyl groups is 1. The van der Waals surface area contributed by atoms with Crippen LogP contribution in [0.5, 0.6) is 11.5 Å². The lowest BCUT2D eigenvalue weighted by Gasteiger charge is -2.15. The smallest absolute Gasteiger partial charge is 0.266 e. The summed E-state index contributed by atoms with van der Waals surface area (Å²) in [5.74, 6) is 0.283. The fourth-order valence-corrected chi connectivity index (χ4v) is 3.67. The SMILES string of the molecule is CCOCCN1C(=O)C(=Cc2ccc(OC)c(O)c2)SC1=Nc1ccccc1. The zero-order valence-electron chi connectivity index (χ0n) is 15.8. The summed E-state index contributed by atoms with van der Waals surface area (Å²) >= 11 is 1.31. The predicted octanol–water partition coefficient (Wildman–Crippen LogP) is 4.04. The number of phenolic OH excluding ortho intramolecular Hbond substituents is 1. The van der Waals surface area contributed by atoms with E-state index in [2.05, 4.69) is 4.99 Å². The molecule has 0 aliphatic carbocycles. The standard InChI is InChI=1S/C21H22N2O4S/c1-3-27-12-11-23-20(25)19(14-15-9-10-18(26-2)17(24)13-15)28-21(23)22-16-7-5-4-6-8-16/h4-10,13-14,24H,3,11-12H2,1-2H3. The number of aliphatic imine (C=N–C) groups is 1. The summed E-state index contributed by atoms with van der Waals surface area (Å²) in [6.45, 7) is 3.37. The minimum atomic E-state index is -0.130. The third-order valence-electron chi connectivity index (χ3n) is 4.03. The van der Waals surface area contributed by atoms with Crippen LogP contribution in [0.4, 0.5) is 5.69 Å². The Morgan fingerprint density at radius 2 is 2.00 bits per heavy atom. The van der Waals surface area contributed by atoms with Crippen LogP contribution in [0.3, 0.4) is 0 Å². The van der Waals surface area contributed by atoms with Crippen LogP contribution in [0.2, 0.25) is 0 Å². The van der Waals surface area contributed by atoms with Gasteiger partial charge in [0.15, 0.2) is 16.7 Å². The Labute approximate surface area is 168 Å². The van der Waals surface area contributed by atoms with Crippen LogP contribution in [0, 0.1) is 0 Å². The molecule has 2 aromatic carbocycles. The van der Waals surface area contributed by atoms with Crippen molar-refractivity contribution in [2.75, 3.05) is 26.9 Å². The maximum Gasteiger partial charge on any atom is 0.266 e. The first-order valence-electron chi connectivity index (χ1n) is 8.92. The molecular weight excluding hydrogens is 376 g/mol. The van der Waals surface area contributed by atoms with Crippen molar-refractivity contribution in [1.29, 1.82) is 0 Å². The number of nitrogens with zero attached hydrogens (tertiary/aromatic N) is 2. The lowest BCUT2D eigenvalue weighted by molar-refractivity contribution is -0.122. The van der Waals surface area contributed by atoms with Crippen LogP contribution in [0.15, 0.2) is 58.4 Å². The fourth-order valence-electron chi connectivity index (χ4n) is 2.65. The van der Waals surface area contributed by atoms with E-state index in [-0.39, 0.29) is 11.7 Å². The maximum absolute atomic E-state index is 12.9. The molecule has 7 heteroatoms. The highest BCUT2D eigenvalue weighted by molar-refractivity contribution is 8.18. The van der Waals surface area contributed by atoms with Gasteiger partial charge in [0.1, 0.15) is 0 Å². The molecule has 2 aromatic rings. The van der Waals surface area contributed by atoms with E-state index in [0.29, 0.717) is 41.1 Å². The van der Waals surface area contributed by atoms with Crippen molar-refractivity contribution in [1.82, 2.24) is 4.90 Å². The highest BCUT2D eigenvalue weighted by Crippen LogP contribution is 2.35. The van der Waals surface area contributed by atoms with Crippen LogP contribution in [-0.4, -0.2) is 47.9 Å². The first kappa shape index (κ1) is 20.0. The number of hydrogen-bond acceptors (Lipinski definition) is 6. The van der Waals surface area contributed by atoms with Gasteiger partial charge in [0, 0.05) is 6.61 Å². The maximum atomic E-state index is 12.9. The summed E-state index contributed by atoms with van der Waals surface area (Å²) in [5, 5.41) is 10.6. The number of benzene rings is 2. The van der Waals surface area contributed by atoms with Gasteiger partial charge >= 0.3 is 0 Å². The van der Waals surface area contributed by atoms with E-state index in [1.165, 1.54) is 18.9 Å². The number of hydrogen-bond donors (Lipinski definition) is 1. The Morgan fingerprint density at radius 1 is 1.21 bits per heavy atom. The average Bonchev–Trinajstić information content (AvgIpc) is 2.98. The summed E-state index contributed by atoms with van der Waals surface area (Å²) < 4.78 is 10.5. The van der Waals surface area contributed by atoms with Gasteiger partial charge in [0.2, 0.25) is 0 Å². The van der Waals surface area contributed by atoms with Gasteiger partial charge in [-0.3, -0.25) is 9.69 Å². The molecular formula is C21H22N2O4S. The summed E-state index contributed by atoms with van der Waals surface area (Å²) in [6.07, 6.45) is 1.74. The molecule has 1 heterocycles. The van der Waals surface area contributed by atoms with Crippen molar-refractivity contribution < 1.29 is 19.4 Å². The Bertz CT molecular complexity index is 897. The van der Waals surface area contributed by atoms with E-state index in [4.69, 9.17) is 9.47 Å². The number of para-hydroxylation sites is 1. The summed E-state index contributed by atoms with van der Waals surface area (Å²) in [4.78, 5) is 19.7. The highest BCUT2D eigenvalue weighted by Gasteiger charge is 2.33. The lowest BCUT2D eigenvalue weighted by atomic mass is 10.2. The molecule has 1 aliphatic heterocycles. The minimum absolute atomic E-state index is 0.0265. The average molecular weight is 398 g/mol. The molecule has 0 bridgehead atoms. The Kier molecular flexibility index (Phi) is 6.73. The van der Waals surface area contributed by atoms with Crippen LogP contribution in [0.1, 0.15) is 12.5 Å². The van der Waals surface area contributed by atoms with E-state index in [1.807, 2.05) is 37.3 Å². The minimum Gasteiger partial charge on any atom is -0.504 e. The number of rotatable bonds is 7. The van der Waals surface area contributed by atoms with Crippen molar-refractivity contribution in [2.24, 2.45) is 4.99 Å². The number of amidine groups is 1. The molecule has 1 amide bonds. The second-order valence-corrected chi connectivity index (χ2v) is 6.93. The quantitative estimate of drug-likeness (QED) is 0.563. The number of ether oxygens (including phenoxy) is 2. The van der Waals surface area contributed by atoms with Gasteiger partial charge in [-0.2, -0.15) is 0 Å². The van der Waals surface area contributed by atoms with Crippen molar-refractivity contribution >= 4 is 34.6 Å². The molecule has 28 heavy (non-hydrogen) atoms. The third kappa shape index (κ3) is 4.74. The molecule has 1 saturated heterocycles. The number of phenols is 1. The highest BCUT2D eigenvalue weighted by atomic mass is 32.2. The van der Waals surface area contributed by atoms with E-state index in [0.717, 1.165) is 5.69 Å². The first-order chi connectivity index (χ1) is 13.6. The Morgan fingerprint density at radius 3 is 2.68 bits per heavy atom. The summed E-state index contributed by atoms with van der Waals surface area (Å²) in [6, 6.07) is 14.5. The molecule has 146 valence electrons.